The van der Waals surface area contributed by atoms with Crippen LogP contribution in [0.4, 0.5) is 0 Å². The van der Waals surface area contributed by atoms with E-state index >= 15 is 0 Å². The van der Waals surface area contributed by atoms with E-state index in [0.29, 0.717) is 14.8 Å². The van der Waals surface area contributed by atoms with Gasteiger partial charge < -0.3 is 9.47 Å². The third-order valence-corrected chi connectivity index (χ3v) is 7.93. The molecule has 4 rings (SSSR count). The highest BCUT2D eigenvalue weighted by Crippen LogP contribution is 2.34. The fourth-order valence-corrected chi connectivity index (χ4v) is 5.40. The van der Waals surface area contributed by atoms with Crippen molar-refractivity contribution in [1.29, 1.82) is 0 Å². The van der Waals surface area contributed by atoms with Crippen LogP contribution in [-0.4, -0.2) is 20.4 Å². The van der Waals surface area contributed by atoms with Crippen molar-refractivity contribution in [3.05, 3.63) is 92.3 Å². The molecule has 2 aromatic carbocycles. The lowest BCUT2D eigenvalue weighted by Gasteiger charge is -2.13. The molecule has 0 N–H and O–H groups in total. The number of esters is 2. The first-order chi connectivity index (χ1) is 15.3. The predicted molar refractivity (Wildman–Crippen MR) is 122 cm³/mol. The van der Waals surface area contributed by atoms with Crippen molar-refractivity contribution in [3.63, 3.8) is 0 Å². The first kappa shape index (κ1) is 22.2. The summed E-state index contributed by atoms with van der Waals surface area (Å²) in [5.74, 6) is -1.52. The van der Waals surface area contributed by atoms with Gasteiger partial charge in [0.05, 0.1) is 4.90 Å². The Kier molecular flexibility index (Phi) is 6.43. The monoisotopic (exact) mass is 504 g/mol. The maximum atomic E-state index is 13.3. The number of hydrogen-bond donors (Lipinski definition) is 0. The Bertz CT molecular complexity index is 1360. The highest BCUT2D eigenvalue weighted by molar-refractivity contribution is 7.91. The standard InChI is InChI=1S/C22H13ClO6S3/c23-14-5-8-16(9-6-14)32(26,27)20-13-15(28-21(24)18-3-1-11-30-18)7-10-17(20)29-22(25)19-4-2-12-31-19/h1-13H. The van der Waals surface area contributed by atoms with Gasteiger partial charge in [0.2, 0.25) is 9.84 Å². The molecule has 2 aromatic heterocycles. The number of ether oxygens (including phenoxy) is 2. The maximum Gasteiger partial charge on any atom is 0.353 e. The minimum Gasteiger partial charge on any atom is -0.422 e. The Morgan fingerprint density at radius 2 is 1.38 bits per heavy atom. The Hall–Kier alpha value is -2.98. The highest BCUT2D eigenvalue weighted by atomic mass is 35.5. The van der Waals surface area contributed by atoms with Gasteiger partial charge in [0.15, 0.2) is 5.75 Å². The van der Waals surface area contributed by atoms with Crippen LogP contribution in [0.1, 0.15) is 19.3 Å². The lowest BCUT2D eigenvalue weighted by molar-refractivity contribution is 0.0720. The van der Waals surface area contributed by atoms with Gasteiger partial charge in [-0.15, -0.1) is 22.7 Å². The number of benzene rings is 2. The van der Waals surface area contributed by atoms with E-state index in [0.717, 1.165) is 17.4 Å². The SMILES string of the molecule is O=C(Oc1ccc(OC(=O)c2cccs2)c(S(=O)(=O)c2ccc(Cl)cc2)c1)c1cccs1. The van der Waals surface area contributed by atoms with Crippen LogP contribution in [0, 0.1) is 0 Å². The fourth-order valence-electron chi connectivity index (χ4n) is 2.68. The number of sulfone groups is 1. The summed E-state index contributed by atoms with van der Waals surface area (Å²) < 4.78 is 37.4. The van der Waals surface area contributed by atoms with Gasteiger partial charge in [-0.3, -0.25) is 0 Å². The molecule has 32 heavy (non-hydrogen) atoms. The van der Waals surface area contributed by atoms with Crippen molar-refractivity contribution in [1.82, 2.24) is 0 Å². The fraction of sp³-hybridized carbons (Fsp3) is 0. The van der Waals surface area contributed by atoms with Crippen LogP contribution in [-0.2, 0) is 9.84 Å². The summed E-state index contributed by atoms with van der Waals surface area (Å²) in [5.41, 5.74) is 0. The number of halogens is 1. The quantitative estimate of drug-likeness (QED) is 0.246. The van der Waals surface area contributed by atoms with Gasteiger partial charge in [-0.05, 0) is 59.3 Å². The Labute approximate surface area is 196 Å². The van der Waals surface area contributed by atoms with Crippen molar-refractivity contribution in [2.45, 2.75) is 9.79 Å². The summed E-state index contributed by atoms with van der Waals surface area (Å²) in [5, 5.41) is 3.79. The molecule has 0 aliphatic carbocycles. The van der Waals surface area contributed by atoms with E-state index in [1.807, 2.05) is 0 Å². The lowest BCUT2D eigenvalue weighted by atomic mass is 10.3. The zero-order valence-corrected chi connectivity index (χ0v) is 19.3. The second-order valence-corrected chi connectivity index (χ2v) is 10.5. The molecule has 0 bridgehead atoms. The van der Waals surface area contributed by atoms with Gasteiger partial charge >= 0.3 is 11.9 Å². The van der Waals surface area contributed by atoms with E-state index in [1.165, 1.54) is 47.7 Å². The average Bonchev–Trinajstić information content (AvgIpc) is 3.49. The lowest BCUT2D eigenvalue weighted by Crippen LogP contribution is -2.12. The van der Waals surface area contributed by atoms with Crippen LogP contribution in [0.3, 0.4) is 0 Å². The summed E-state index contributed by atoms with van der Waals surface area (Å²) in [4.78, 5) is 25.0. The molecule has 0 aliphatic heterocycles. The van der Waals surface area contributed by atoms with Gasteiger partial charge in [0.25, 0.3) is 0 Å². The molecule has 0 unspecified atom stereocenters. The van der Waals surface area contributed by atoms with Crippen molar-refractivity contribution in [2.24, 2.45) is 0 Å². The van der Waals surface area contributed by atoms with Gasteiger partial charge in [0, 0.05) is 11.1 Å². The Balaban J connectivity index is 1.74. The Morgan fingerprint density at radius 3 is 1.94 bits per heavy atom. The topological polar surface area (TPSA) is 86.7 Å². The van der Waals surface area contributed by atoms with Crippen LogP contribution in [0.5, 0.6) is 11.5 Å². The molecule has 0 saturated carbocycles. The molecule has 0 amide bonds. The van der Waals surface area contributed by atoms with E-state index < -0.39 is 21.8 Å². The first-order valence-corrected chi connectivity index (χ1v) is 12.6. The summed E-state index contributed by atoms with van der Waals surface area (Å²) >= 11 is 8.24. The molecule has 0 aliphatic rings. The van der Waals surface area contributed by atoms with Crippen LogP contribution >= 0.6 is 34.3 Å². The molecule has 0 atom stereocenters. The van der Waals surface area contributed by atoms with Crippen molar-refractivity contribution >= 4 is 56.1 Å². The van der Waals surface area contributed by atoms with Gasteiger partial charge in [-0.2, -0.15) is 0 Å². The van der Waals surface area contributed by atoms with Gasteiger partial charge in [-0.25, -0.2) is 18.0 Å². The zero-order chi connectivity index (χ0) is 22.7. The van der Waals surface area contributed by atoms with Gasteiger partial charge in [0.1, 0.15) is 20.4 Å². The molecule has 0 fully saturated rings. The van der Waals surface area contributed by atoms with E-state index in [2.05, 4.69) is 0 Å². The molecule has 162 valence electrons. The van der Waals surface area contributed by atoms with E-state index in [-0.39, 0.29) is 21.3 Å². The third kappa shape index (κ3) is 4.76. The summed E-state index contributed by atoms with van der Waals surface area (Å²) in [6.07, 6.45) is 0. The normalized spacial score (nSPS) is 11.2. The molecular formula is C22H13ClO6S3. The number of carbonyl (C=O) groups excluding carboxylic acids is 2. The molecular weight excluding hydrogens is 492 g/mol. The van der Waals surface area contributed by atoms with E-state index in [1.54, 1.807) is 35.0 Å². The predicted octanol–water partition coefficient (Wildman–Crippen LogP) is 5.73. The second kappa shape index (κ2) is 9.25. The van der Waals surface area contributed by atoms with Crippen LogP contribution in [0.15, 0.2) is 87.3 Å². The minimum absolute atomic E-state index is 0.00754. The zero-order valence-electron chi connectivity index (χ0n) is 16.1. The largest absolute Gasteiger partial charge is 0.422 e. The van der Waals surface area contributed by atoms with E-state index in [9.17, 15) is 18.0 Å². The molecule has 0 saturated heterocycles. The molecule has 6 nitrogen and oxygen atoms in total. The molecule has 0 spiro atoms. The highest BCUT2D eigenvalue weighted by Gasteiger charge is 2.26. The summed E-state index contributed by atoms with van der Waals surface area (Å²) in [7, 11) is -4.13. The third-order valence-electron chi connectivity index (χ3n) is 4.19. The molecule has 10 heteroatoms. The van der Waals surface area contributed by atoms with Crippen LogP contribution < -0.4 is 9.47 Å². The van der Waals surface area contributed by atoms with Crippen molar-refractivity contribution < 1.29 is 27.5 Å². The summed E-state index contributed by atoms with van der Waals surface area (Å²) in [6, 6.07) is 15.9. The van der Waals surface area contributed by atoms with Crippen molar-refractivity contribution in [2.75, 3.05) is 0 Å². The molecule has 2 heterocycles. The number of rotatable bonds is 6. The van der Waals surface area contributed by atoms with Gasteiger partial charge in [-0.1, -0.05) is 23.7 Å². The maximum absolute atomic E-state index is 13.3. The van der Waals surface area contributed by atoms with E-state index in [4.69, 9.17) is 21.1 Å². The minimum atomic E-state index is -4.13. The van der Waals surface area contributed by atoms with Crippen LogP contribution in [0.2, 0.25) is 5.02 Å². The first-order valence-electron chi connectivity index (χ1n) is 9.01. The molecule has 0 radical (unpaired) electrons. The number of hydrogen-bond acceptors (Lipinski definition) is 8. The average molecular weight is 505 g/mol. The second-order valence-electron chi connectivity index (χ2n) is 6.30. The summed E-state index contributed by atoms with van der Waals surface area (Å²) in [6.45, 7) is 0. The molecule has 4 aromatic rings. The Morgan fingerprint density at radius 1 is 0.781 bits per heavy atom. The number of thiophene rings is 2. The van der Waals surface area contributed by atoms with Crippen LogP contribution in [0.25, 0.3) is 0 Å². The van der Waals surface area contributed by atoms with Crippen molar-refractivity contribution in [3.8, 4) is 11.5 Å². The smallest absolute Gasteiger partial charge is 0.353 e. The number of carbonyl (C=O) groups is 2.